The molecule has 0 bridgehead atoms. The molecule has 0 aliphatic rings. The summed E-state index contributed by atoms with van der Waals surface area (Å²) in [4.78, 5) is 11.7. The highest BCUT2D eigenvalue weighted by Crippen LogP contribution is 2.21. The predicted octanol–water partition coefficient (Wildman–Crippen LogP) is 3.78. The standard InChI is InChI=1S/C15H14BrNO2/c1-11-6-8-12(9-7-11)19-10-15(18)17-14-5-3-2-4-13(14)16/h2-9H,10H2,1H3,(H,17,18). The Labute approximate surface area is 120 Å². The Hall–Kier alpha value is -1.81. The maximum absolute atomic E-state index is 11.7. The maximum Gasteiger partial charge on any atom is 0.262 e. The molecule has 0 fully saturated rings. The van der Waals surface area contributed by atoms with Crippen LogP contribution >= 0.6 is 15.9 Å². The van der Waals surface area contributed by atoms with Crippen LogP contribution in [0.3, 0.4) is 0 Å². The smallest absolute Gasteiger partial charge is 0.262 e. The lowest BCUT2D eigenvalue weighted by Gasteiger charge is -2.08. The summed E-state index contributed by atoms with van der Waals surface area (Å²) in [6.07, 6.45) is 0. The number of hydrogen-bond acceptors (Lipinski definition) is 2. The van der Waals surface area contributed by atoms with E-state index in [9.17, 15) is 4.79 Å². The molecule has 0 saturated carbocycles. The van der Waals surface area contributed by atoms with E-state index in [2.05, 4.69) is 21.2 Å². The second-order valence-electron chi connectivity index (χ2n) is 4.13. The Morgan fingerprint density at radius 3 is 2.53 bits per heavy atom. The van der Waals surface area contributed by atoms with Gasteiger partial charge in [-0.1, -0.05) is 29.8 Å². The Kier molecular flexibility index (Phi) is 4.58. The third-order valence-electron chi connectivity index (χ3n) is 2.54. The number of para-hydroxylation sites is 1. The Bertz CT molecular complexity index is 567. The van der Waals surface area contributed by atoms with Crippen molar-refractivity contribution < 1.29 is 9.53 Å². The zero-order valence-corrected chi connectivity index (χ0v) is 12.1. The average Bonchev–Trinajstić information content (AvgIpc) is 2.41. The normalized spacial score (nSPS) is 10.0. The van der Waals surface area contributed by atoms with E-state index >= 15 is 0 Å². The number of carbonyl (C=O) groups excluding carboxylic acids is 1. The molecule has 0 heterocycles. The fraction of sp³-hybridized carbons (Fsp3) is 0.133. The number of benzene rings is 2. The summed E-state index contributed by atoms with van der Waals surface area (Å²) in [6, 6.07) is 15.0. The van der Waals surface area contributed by atoms with Gasteiger partial charge in [0.25, 0.3) is 5.91 Å². The molecule has 0 radical (unpaired) electrons. The summed E-state index contributed by atoms with van der Waals surface area (Å²) in [5.41, 5.74) is 1.89. The maximum atomic E-state index is 11.7. The number of halogens is 1. The first-order chi connectivity index (χ1) is 9.15. The highest BCUT2D eigenvalue weighted by atomic mass is 79.9. The minimum atomic E-state index is -0.188. The largest absolute Gasteiger partial charge is 0.484 e. The van der Waals surface area contributed by atoms with E-state index in [-0.39, 0.29) is 12.5 Å². The molecule has 19 heavy (non-hydrogen) atoms. The Morgan fingerprint density at radius 1 is 1.16 bits per heavy atom. The van der Waals surface area contributed by atoms with Gasteiger partial charge >= 0.3 is 0 Å². The second-order valence-corrected chi connectivity index (χ2v) is 4.98. The first kappa shape index (κ1) is 13.6. The molecule has 98 valence electrons. The van der Waals surface area contributed by atoms with E-state index in [4.69, 9.17) is 4.74 Å². The van der Waals surface area contributed by atoms with Crippen molar-refractivity contribution in [2.75, 3.05) is 11.9 Å². The quantitative estimate of drug-likeness (QED) is 0.931. The summed E-state index contributed by atoms with van der Waals surface area (Å²) in [7, 11) is 0. The number of ether oxygens (including phenoxy) is 1. The molecular formula is C15H14BrNO2. The molecule has 4 heteroatoms. The minimum Gasteiger partial charge on any atom is -0.484 e. The molecule has 0 aliphatic carbocycles. The lowest BCUT2D eigenvalue weighted by Crippen LogP contribution is -2.20. The number of amides is 1. The SMILES string of the molecule is Cc1ccc(OCC(=O)Nc2ccccc2Br)cc1. The summed E-state index contributed by atoms with van der Waals surface area (Å²) in [6.45, 7) is 1.99. The van der Waals surface area contributed by atoms with Crippen molar-refractivity contribution in [2.24, 2.45) is 0 Å². The molecule has 2 aromatic rings. The summed E-state index contributed by atoms with van der Waals surface area (Å²) in [5.74, 6) is 0.500. The average molecular weight is 320 g/mol. The van der Waals surface area contributed by atoms with Crippen LogP contribution in [0.1, 0.15) is 5.56 Å². The van der Waals surface area contributed by atoms with Crippen molar-refractivity contribution in [3.63, 3.8) is 0 Å². The molecule has 2 rings (SSSR count). The van der Waals surface area contributed by atoms with E-state index in [0.29, 0.717) is 5.75 Å². The van der Waals surface area contributed by atoms with Crippen molar-refractivity contribution in [1.82, 2.24) is 0 Å². The van der Waals surface area contributed by atoms with Gasteiger partial charge in [-0.3, -0.25) is 4.79 Å². The molecule has 0 atom stereocenters. The van der Waals surface area contributed by atoms with Crippen LogP contribution in [0, 0.1) is 6.92 Å². The van der Waals surface area contributed by atoms with E-state index in [0.717, 1.165) is 15.7 Å². The van der Waals surface area contributed by atoms with Crippen molar-refractivity contribution in [3.8, 4) is 5.75 Å². The molecule has 1 N–H and O–H groups in total. The van der Waals surface area contributed by atoms with Crippen LogP contribution < -0.4 is 10.1 Å². The third kappa shape index (κ3) is 4.10. The van der Waals surface area contributed by atoms with Gasteiger partial charge in [-0.25, -0.2) is 0 Å². The number of aryl methyl sites for hydroxylation is 1. The van der Waals surface area contributed by atoms with Crippen LogP contribution in [-0.4, -0.2) is 12.5 Å². The molecular weight excluding hydrogens is 306 g/mol. The van der Waals surface area contributed by atoms with Crippen LogP contribution in [-0.2, 0) is 4.79 Å². The van der Waals surface area contributed by atoms with Gasteiger partial charge in [-0.05, 0) is 47.1 Å². The number of nitrogens with one attached hydrogen (secondary N) is 1. The van der Waals surface area contributed by atoms with Crippen LogP contribution in [0.4, 0.5) is 5.69 Å². The monoisotopic (exact) mass is 319 g/mol. The Balaban J connectivity index is 1.88. The van der Waals surface area contributed by atoms with Crippen molar-refractivity contribution >= 4 is 27.5 Å². The van der Waals surface area contributed by atoms with Crippen molar-refractivity contribution in [3.05, 3.63) is 58.6 Å². The molecule has 2 aromatic carbocycles. The van der Waals surface area contributed by atoms with Crippen molar-refractivity contribution in [2.45, 2.75) is 6.92 Å². The van der Waals surface area contributed by atoms with E-state index in [1.54, 1.807) is 0 Å². The summed E-state index contributed by atoms with van der Waals surface area (Å²) >= 11 is 3.37. The van der Waals surface area contributed by atoms with E-state index < -0.39 is 0 Å². The molecule has 0 aromatic heterocycles. The Morgan fingerprint density at radius 2 is 1.84 bits per heavy atom. The van der Waals surface area contributed by atoms with Crippen LogP contribution in [0.5, 0.6) is 5.75 Å². The van der Waals surface area contributed by atoms with Crippen molar-refractivity contribution in [1.29, 1.82) is 0 Å². The van der Waals surface area contributed by atoms with Gasteiger partial charge < -0.3 is 10.1 Å². The minimum absolute atomic E-state index is 0.00953. The van der Waals surface area contributed by atoms with Crippen LogP contribution in [0.25, 0.3) is 0 Å². The first-order valence-electron chi connectivity index (χ1n) is 5.89. The molecule has 1 amide bonds. The van der Waals surface area contributed by atoms with Gasteiger partial charge in [0.15, 0.2) is 6.61 Å². The number of carbonyl (C=O) groups is 1. The summed E-state index contributed by atoms with van der Waals surface area (Å²) < 4.78 is 6.25. The van der Waals surface area contributed by atoms with Gasteiger partial charge in [0.2, 0.25) is 0 Å². The third-order valence-corrected chi connectivity index (χ3v) is 3.23. The second kappa shape index (κ2) is 6.38. The molecule has 0 unspecified atom stereocenters. The van der Waals surface area contributed by atoms with Gasteiger partial charge in [0, 0.05) is 4.47 Å². The van der Waals surface area contributed by atoms with E-state index in [1.165, 1.54) is 0 Å². The topological polar surface area (TPSA) is 38.3 Å². The highest BCUT2D eigenvalue weighted by molar-refractivity contribution is 9.10. The molecule has 0 saturated heterocycles. The number of hydrogen-bond donors (Lipinski definition) is 1. The van der Waals surface area contributed by atoms with Gasteiger partial charge in [0.05, 0.1) is 5.69 Å². The highest BCUT2D eigenvalue weighted by Gasteiger charge is 2.05. The summed E-state index contributed by atoms with van der Waals surface area (Å²) in [5, 5.41) is 2.78. The molecule has 0 aliphatic heterocycles. The van der Waals surface area contributed by atoms with Crippen LogP contribution in [0.15, 0.2) is 53.0 Å². The molecule has 3 nitrogen and oxygen atoms in total. The van der Waals surface area contributed by atoms with Gasteiger partial charge in [-0.2, -0.15) is 0 Å². The lowest BCUT2D eigenvalue weighted by molar-refractivity contribution is -0.118. The fourth-order valence-corrected chi connectivity index (χ4v) is 1.92. The lowest BCUT2D eigenvalue weighted by atomic mass is 10.2. The van der Waals surface area contributed by atoms with E-state index in [1.807, 2.05) is 55.5 Å². The zero-order valence-electron chi connectivity index (χ0n) is 10.5. The number of anilines is 1. The first-order valence-corrected chi connectivity index (χ1v) is 6.68. The predicted molar refractivity (Wildman–Crippen MR) is 79.4 cm³/mol. The fourth-order valence-electron chi connectivity index (χ4n) is 1.53. The molecule has 0 spiro atoms. The van der Waals surface area contributed by atoms with Crippen LogP contribution in [0.2, 0.25) is 0 Å². The van der Waals surface area contributed by atoms with Gasteiger partial charge in [-0.15, -0.1) is 0 Å². The number of rotatable bonds is 4. The zero-order chi connectivity index (χ0) is 13.7. The van der Waals surface area contributed by atoms with Gasteiger partial charge in [0.1, 0.15) is 5.75 Å².